The average Bonchev–Trinajstić information content (AvgIpc) is 2.38. The molecule has 0 saturated carbocycles. The normalized spacial score (nSPS) is 10.4. The summed E-state index contributed by atoms with van der Waals surface area (Å²) in [6, 6.07) is 3.92. The summed E-state index contributed by atoms with van der Waals surface area (Å²) in [5.74, 6) is -7.05. The number of benzene rings is 2. The highest BCUT2D eigenvalue weighted by Gasteiger charge is 2.16. The number of carbonyl (C=O) groups is 1. The lowest BCUT2D eigenvalue weighted by molar-refractivity contribution is 0.102. The zero-order chi connectivity index (χ0) is 14.9. The van der Waals surface area contributed by atoms with Crippen LogP contribution in [0.5, 0.6) is 5.75 Å². The van der Waals surface area contributed by atoms with Crippen molar-refractivity contribution in [1.82, 2.24) is 0 Å². The van der Waals surface area contributed by atoms with Gasteiger partial charge in [0.1, 0.15) is 11.6 Å². The van der Waals surface area contributed by atoms with E-state index in [1.165, 1.54) is 0 Å². The van der Waals surface area contributed by atoms with Gasteiger partial charge in [0.05, 0.1) is 5.69 Å². The second-order valence-corrected chi connectivity index (χ2v) is 3.87. The Balaban J connectivity index is 2.28. The second-order valence-electron chi connectivity index (χ2n) is 3.87. The lowest BCUT2D eigenvalue weighted by Gasteiger charge is -2.07. The highest BCUT2D eigenvalue weighted by Crippen LogP contribution is 2.21. The number of rotatable bonds is 2. The minimum atomic E-state index is -1.70. The van der Waals surface area contributed by atoms with Crippen LogP contribution in [-0.4, -0.2) is 11.0 Å². The lowest BCUT2D eigenvalue weighted by atomic mass is 10.2. The molecule has 2 aromatic rings. The molecule has 1 amide bonds. The maximum absolute atomic E-state index is 13.4. The maximum atomic E-state index is 13.4. The molecule has 0 aromatic heterocycles. The van der Waals surface area contributed by atoms with Gasteiger partial charge < -0.3 is 10.4 Å². The minimum Gasteiger partial charge on any atom is -0.508 e. The van der Waals surface area contributed by atoms with E-state index < -0.39 is 34.7 Å². The van der Waals surface area contributed by atoms with Crippen molar-refractivity contribution in [1.29, 1.82) is 0 Å². The summed E-state index contributed by atoms with van der Waals surface area (Å²) in [6.07, 6.45) is 0. The second kappa shape index (κ2) is 5.20. The number of phenolic OH excluding ortho intramolecular Hbond substituents is 1. The summed E-state index contributed by atoms with van der Waals surface area (Å²) in [4.78, 5) is 11.7. The van der Waals surface area contributed by atoms with Gasteiger partial charge in [-0.05, 0) is 24.3 Å². The van der Waals surface area contributed by atoms with Crippen LogP contribution in [-0.2, 0) is 0 Å². The number of hydrogen-bond donors (Lipinski definition) is 2. The Morgan fingerprint density at radius 2 is 1.55 bits per heavy atom. The van der Waals surface area contributed by atoms with Crippen molar-refractivity contribution in [3.8, 4) is 5.75 Å². The van der Waals surface area contributed by atoms with Gasteiger partial charge in [-0.2, -0.15) is 0 Å². The zero-order valence-electron chi connectivity index (χ0n) is 9.75. The Hall–Kier alpha value is -2.57. The molecule has 7 heteroatoms. The van der Waals surface area contributed by atoms with Gasteiger partial charge in [0.25, 0.3) is 5.91 Å². The summed E-state index contributed by atoms with van der Waals surface area (Å²) in [6.45, 7) is 0. The van der Waals surface area contributed by atoms with Crippen LogP contribution >= 0.6 is 0 Å². The Bertz CT molecular complexity index is 665. The van der Waals surface area contributed by atoms with Crippen LogP contribution < -0.4 is 5.32 Å². The Labute approximate surface area is 110 Å². The van der Waals surface area contributed by atoms with Gasteiger partial charge in [-0.15, -0.1) is 0 Å². The fraction of sp³-hybridized carbons (Fsp3) is 0. The van der Waals surface area contributed by atoms with Crippen molar-refractivity contribution < 1.29 is 27.5 Å². The summed E-state index contributed by atoms with van der Waals surface area (Å²) in [5, 5.41) is 11.0. The largest absolute Gasteiger partial charge is 0.508 e. The van der Waals surface area contributed by atoms with Crippen LogP contribution in [0.2, 0.25) is 0 Å². The molecule has 2 rings (SSSR count). The zero-order valence-corrected chi connectivity index (χ0v) is 9.75. The topological polar surface area (TPSA) is 49.3 Å². The van der Waals surface area contributed by atoms with Crippen molar-refractivity contribution in [2.45, 2.75) is 0 Å². The van der Waals surface area contributed by atoms with Crippen molar-refractivity contribution in [2.75, 3.05) is 5.32 Å². The minimum absolute atomic E-state index is 0.294. The van der Waals surface area contributed by atoms with Crippen LogP contribution in [0.25, 0.3) is 0 Å². The van der Waals surface area contributed by atoms with Crippen LogP contribution in [0.15, 0.2) is 30.3 Å². The number of phenols is 1. The van der Waals surface area contributed by atoms with E-state index >= 15 is 0 Å². The first-order valence-electron chi connectivity index (χ1n) is 5.33. The standard InChI is InChI=1S/C13H7F4NO2/c14-8-5-7(19)1-2-11(8)18-13(20)6-3-9(15)12(17)10(16)4-6/h1-5,19H,(H,18,20). The number of hydrogen-bond acceptors (Lipinski definition) is 2. The lowest BCUT2D eigenvalue weighted by Crippen LogP contribution is -2.14. The summed E-state index contributed by atoms with van der Waals surface area (Å²) in [7, 11) is 0. The highest BCUT2D eigenvalue weighted by molar-refractivity contribution is 6.04. The molecule has 0 bridgehead atoms. The van der Waals surface area contributed by atoms with E-state index in [0.717, 1.165) is 18.2 Å². The SMILES string of the molecule is O=C(Nc1ccc(O)cc1F)c1cc(F)c(F)c(F)c1. The average molecular weight is 285 g/mol. The van der Waals surface area contributed by atoms with Crippen LogP contribution in [0, 0.1) is 23.3 Å². The van der Waals surface area contributed by atoms with E-state index in [4.69, 9.17) is 5.11 Å². The molecular formula is C13H7F4NO2. The molecule has 0 aliphatic heterocycles. The number of amides is 1. The van der Waals surface area contributed by atoms with Gasteiger partial charge in [-0.3, -0.25) is 4.79 Å². The number of anilines is 1. The first-order valence-corrected chi connectivity index (χ1v) is 5.33. The van der Waals surface area contributed by atoms with Gasteiger partial charge in [-0.1, -0.05) is 0 Å². The molecule has 0 atom stereocenters. The van der Waals surface area contributed by atoms with Gasteiger partial charge >= 0.3 is 0 Å². The summed E-state index contributed by atoms with van der Waals surface area (Å²) in [5.41, 5.74) is -0.799. The quantitative estimate of drug-likeness (QED) is 0.506. The molecule has 104 valence electrons. The Morgan fingerprint density at radius 1 is 0.950 bits per heavy atom. The van der Waals surface area contributed by atoms with E-state index in [9.17, 15) is 22.4 Å². The molecule has 0 spiro atoms. The van der Waals surface area contributed by atoms with E-state index in [2.05, 4.69) is 0 Å². The molecule has 2 N–H and O–H groups in total. The van der Waals surface area contributed by atoms with Gasteiger partial charge in [0.2, 0.25) is 0 Å². The van der Waals surface area contributed by atoms with E-state index in [1.54, 1.807) is 0 Å². The van der Waals surface area contributed by atoms with Crippen molar-refractivity contribution in [2.24, 2.45) is 0 Å². The van der Waals surface area contributed by atoms with Crippen molar-refractivity contribution in [3.63, 3.8) is 0 Å². The van der Waals surface area contributed by atoms with E-state index in [-0.39, 0.29) is 11.4 Å². The summed E-state index contributed by atoms with van der Waals surface area (Å²) >= 11 is 0. The molecular weight excluding hydrogens is 278 g/mol. The monoisotopic (exact) mass is 285 g/mol. The third-order valence-corrected chi connectivity index (χ3v) is 2.45. The molecule has 0 fully saturated rings. The number of nitrogens with one attached hydrogen (secondary N) is 1. The van der Waals surface area contributed by atoms with Gasteiger partial charge in [0.15, 0.2) is 17.5 Å². The van der Waals surface area contributed by atoms with Gasteiger partial charge in [0, 0.05) is 11.6 Å². The number of aromatic hydroxyl groups is 1. The summed E-state index contributed by atoms with van der Waals surface area (Å²) < 4.78 is 52.0. The number of halogens is 4. The molecule has 0 aliphatic carbocycles. The molecule has 0 radical (unpaired) electrons. The fourth-order valence-corrected chi connectivity index (χ4v) is 1.49. The van der Waals surface area contributed by atoms with Crippen molar-refractivity contribution >= 4 is 11.6 Å². The van der Waals surface area contributed by atoms with Crippen LogP contribution in [0.3, 0.4) is 0 Å². The molecule has 0 unspecified atom stereocenters. The Kier molecular flexibility index (Phi) is 3.60. The molecule has 0 saturated heterocycles. The number of carbonyl (C=O) groups excluding carboxylic acids is 1. The fourth-order valence-electron chi connectivity index (χ4n) is 1.49. The molecule has 2 aromatic carbocycles. The van der Waals surface area contributed by atoms with Crippen LogP contribution in [0.1, 0.15) is 10.4 Å². The molecule has 0 heterocycles. The van der Waals surface area contributed by atoms with E-state index in [0.29, 0.717) is 12.1 Å². The predicted octanol–water partition coefficient (Wildman–Crippen LogP) is 3.20. The molecule has 0 aliphatic rings. The third-order valence-electron chi connectivity index (χ3n) is 2.45. The molecule has 20 heavy (non-hydrogen) atoms. The molecule has 3 nitrogen and oxygen atoms in total. The Morgan fingerprint density at radius 3 is 2.10 bits per heavy atom. The van der Waals surface area contributed by atoms with Crippen LogP contribution in [0.4, 0.5) is 23.2 Å². The van der Waals surface area contributed by atoms with Gasteiger partial charge in [-0.25, -0.2) is 17.6 Å². The third kappa shape index (κ3) is 2.71. The van der Waals surface area contributed by atoms with Crippen molar-refractivity contribution in [3.05, 3.63) is 59.2 Å². The smallest absolute Gasteiger partial charge is 0.255 e. The maximum Gasteiger partial charge on any atom is 0.255 e. The van der Waals surface area contributed by atoms with E-state index in [1.807, 2.05) is 5.32 Å². The first kappa shape index (κ1) is 13.9. The predicted molar refractivity (Wildman–Crippen MR) is 62.3 cm³/mol. The highest BCUT2D eigenvalue weighted by atomic mass is 19.2. The first-order chi connectivity index (χ1) is 9.38.